The molecule has 1 heterocycles. The SMILES string of the molecule is C1COCO1.CC. The molecule has 0 aromatic carbocycles. The van der Waals surface area contributed by atoms with Gasteiger partial charge in [0.05, 0.1) is 13.2 Å². The van der Waals surface area contributed by atoms with E-state index in [0.29, 0.717) is 6.79 Å². The van der Waals surface area contributed by atoms with Gasteiger partial charge >= 0.3 is 0 Å². The first-order valence-electron chi connectivity index (χ1n) is 2.65. The molecule has 1 saturated heterocycles. The molecule has 0 atom stereocenters. The molecule has 0 spiro atoms. The number of rotatable bonds is 0. The van der Waals surface area contributed by atoms with Crippen LogP contribution in [-0.4, -0.2) is 20.0 Å². The van der Waals surface area contributed by atoms with E-state index >= 15 is 0 Å². The van der Waals surface area contributed by atoms with Crippen LogP contribution in [0.1, 0.15) is 13.8 Å². The topological polar surface area (TPSA) is 18.5 Å². The molecular formula is C5H12O2. The van der Waals surface area contributed by atoms with Gasteiger partial charge in [0, 0.05) is 0 Å². The molecule has 0 aliphatic carbocycles. The summed E-state index contributed by atoms with van der Waals surface area (Å²) in [6.45, 7) is 6.06. The van der Waals surface area contributed by atoms with E-state index in [1.807, 2.05) is 13.8 Å². The van der Waals surface area contributed by atoms with Crippen molar-refractivity contribution < 1.29 is 9.47 Å². The molecule has 0 unspecified atom stereocenters. The highest BCUT2D eigenvalue weighted by atomic mass is 16.7. The first-order valence-corrected chi connectivity index (χ1v) is 2.65. The lowest BCUT2D eigenvalue weighted by Gasteiger charge is -1.76. The summed E-state index contributed by atoms with van der Waals surface area (Å²) in [5, 5.41) is 0. The maximum absolute atomic E-state index is 4.72. The van der Waals surface area contributed by atoms with Crippen LogP contribution in [0.15, 0.2) is 0 Å². The number of hydrogen-bond acceptors (Lipinski definition) is 2. The van der Waals surface area contributed by atoms with Crippen molar-refractivity contribution in [3.8, 4) is 0 Å². The van der Waals surface area contributed by atoms with Crippen LogP contribution < -0.4 is 0 Å². The molecule has 2 nitrogen and oxygen atoms in total. The molecule has 0 amide bonds. The van der Waals surface area contributed by atoms with E-state index in [1.54, 1.807) is 0 Å². The van der Waals surface area contributed by atoms with Crippen molar-refractivity contribution >= 4 is 0 Å². The maximum atomic E-state index is 4.72. The Balaban J connectivity index is 0.000000162. The molecule has 0 radical (unpaired) electrons. The average molecular weight is 104 g/mol. The van der Waals surface area contributed by atoms with Gasteiger partial charge in [-0.25, -0.2) is 0 Å². The number of hydrogen-bond donors (Lipinski definition) is 0. The highest BCUT2D eigenvalue weighted by Gasteiger charge is 1.93. The van der Waals surface area contributed by atoms with E-state index in [-0.39, 0.29) is 0 Å². The van der Waals surface area contributed by atoms with Gasteiger partial charge in [0.25, 0.3) is 0 Å². The molecule has 1 rings (SSSR count). The van der Waals surface area contributed by atoms with E-state index in [2.05, 4.69) is 0 Å². The normalized spacial score (nSPS) is 18.0. The van der Waals surface area contributed by atoms with Crippen LogP contribution in [0, 0.1) is 0 Å². The summed E-state index contributed by atoms with van der Waals surface area (Å²) < 4.78 is 9.44. The third kappa shape index (κ3) is 3.76. The van der Waals surface area contributed by atoms with Gasteiger partial charge < -0.3 is 9.47 Å². The standard InChI is InChI=1S/C3H6O2.C2H6/c1-2-5-3-4-1;1-2/h1-3H2;1-2H3. The largest absolute Gasteiger partial charge is 0.353 e. The summed E-state index contributed by atoms with van der Waals surface area (Å²) in [4.78, 5) is 0. The first kappa shape index (κ1) is 6.92. The van der Waals surface area contributed by atoms with Crippen molar-refractivity contribution in [1.82, 2.24) is 0 Å². The van der Waals surface area contributed by atoms with Gasteiger partial charge in [0.1, 0.15) is 6.79 Å². The minimum atomic E-state index is 0.500. The fraction of sp³-hybridized carbons (Fsp3) is 1.00. The second-order valence-electron chi connectivity index (χ2n) is 0.934. The first-order chi connectivity index (χ1) is 3.50. The van der Waals surface area contributed by atoms with Gasteiger partial charge in [-0.2, -0.15) is 0 Å². The molecule has 0 bridgehead atoms. The highest BCUT2D eigenvalue weighted by molar-refractivity contribution is 4.28. The Hall–Kier alpha value is -0.0800. The minimum absolute atomic E-state index is 0.500. The van der Waals surface area contributed by atoms with Gasteiger partial charge in [-0.3, -0.25) is 0 Å². The Morgan fingerprint density at radius 3 is 1.57 bits per heavy atom. The van der Waals surface area contributed by atoms with Crippen LogP contribution >= 0.6 is 0 Å². The third-order valence-corrected chi connectivity index (χ3v) is 0.539. The maximum Gasteiger partial charge on any atom is 0.146 e. The quantitative estimate of drug-likeness (QED) is 0.456. The molecule has 1 aliphatic rings. The lowest BCUT2D eigenvalue weighted by atomic mass is 10.8. The van der Waals surface area contributed by atoms with E-state index in [4.69, 9.17) is 9.47 Å². The van der Waals surface area contributed by atoms with E-state index in [1.165, 1.54) is 0 Å². The van der Waals surface area contributed by atoms with Gasteiger partial charge in [-0.05, 0) is 0 Å². The fourth-order valence-corrected chi connectivity index (χ4v) is 0.295. The summed E-state index contributed by atoms with van der Waals surface area (Å²) in [7, 11) is 0. The molecule has 7 heavy (non-hydrogen) atoms. The zero-order valence-electron chi connectivity index (χ0n) is 4.94. The Morgan fingerprint density at radius 2 is 1.43 bits per heavy atom. The molecule has 0 saturated carbocycles. The Morgan fingerprint density at radius 1 is 1.00 bits per heavy atom. The summed E-state index contributed by atoms with van der Waals surface area (Å²) >= 11 is 0. The average Bonchev–Trinajstić information content (AvgIpc) is 2.23. The lowest BCUT2D eigenvalue weighted by Crippen LogP contribution is -1.79. The highest BCUT2D eigenvalue weighted by Crippen LogP contribution is 1.85. The molecule has 0 N–H and O–H groups in total. The van der Waals surface area contributed by atoms with Crippen LogP contribution in [0.2, 0.25) is 0 Å². The van der Waals surface area contributed by atoms with E-state index in [9.17, 15) is 0 Å². The minimum Gasteiger partial charge on any atom is -0.353 e. The molecule has 44 valence electrons. The van der Waals surface area contributed by atoms with E-state index < -0.39 is 0 Å². The molecule has 1 fully saturated rings. The summed E-state index contributed by atoms with van der Waals surface area (Å²) in [5.74, 6) is 0. The Bertz CT molecular complexity index is 17.7. The Kier molecular flexibility index (Phi) is 5.85. The van der Waals surface area contributed by atoms with Crippen molar-refractivity contribution in [3.05, 3.63) is 0 Å². The van der Waals surface area contributed by atoms with Crippen molar-refractivity contribution in [2.45, 2.75) is 13.8 Å². The fourth-order valence-electron chi connectivity index (χ4n) is 0.295. The summed E-state index contributed by atoms with van der Waals surface area (Å²) in [6.07, 6.45) is 0. The van der Waals surface area contributed by atoms with Gasteiger partial charge in [-0.1, -0.05) is 13.8 Å². The van der Waals surface area contributed by atoms with Crippen LogP contribution in [-0.2, 0) is 9.47 Å². The molecular weight excluding hydrogens is 92.1 g/mol. The van der Waals surface area contributed by atoms with Crippen LogP contribution in [0.5, 0.6) is 0 Å². The second kappa shape index (κ2) is 5.92. The predicted molar refractivity (Wildman–Crippen MR) is 28.1 cm³/mol. The van der Waals surface area contributed by atoms with E-state index in [0.717, 1.165) is 13.2 Å². The van der Waals surface area contributed by atoms with Crippen molar-refractivity contribution in [2.24, 2.45) is 0 Å². The zero-order chi connectivity index (χ0) is 5.54. The Labute approximate surface area is 44.4 Å². The van der Waals surface area contributed by atoms with Gasteiger partial charge in [0.15, 0.2) is 0 Å². The van der Waals surface area contributed by atoms with Crippen LogP contribution in [0.4, 0.5) is 0 Å². The molecule has 0 aromatic heterocycles. The molecule has 2 heteroatoms. The monoisotopic (exact) mass is 104 g/mol. The van der Waals surface area contributed by atoms with Crippen molar-refractivity contribution in [3.63, 3.8) is 0 Å². The smallest absolute Gasteiger partial charge is 0.146 e. The van der Waals surface area contributed by atoms with Crippen LogP contribution in [0.25, 0.3) is 0 Å². The van der Waals surface area contributed by atoms with Crippen molar-refractivity contribution in [1.29, 1.82) is 0 Å². The number of ether oxygens (including phenoxy) is 2. The molecule has 0 aromatic rings. The predicted octanol–water partition coefficient (Wildman–Crippen LogP) is 1.02. The van der Waals surface area contributed by atoms with Crippen LogP contribution in [0.3, 0.4) is 0 Å². The third-order valence-electron chi connectivity index (χ3n) is 0.539. The lowest BCUT2D eigenvalue weighted by molar-refractivity contribution is 0.0692. The van der Waals surface area contributed by atoms with Gasteiger partial charge in [-0.15, -0.1) is 0 Å². The summed E-state index contributed by atoms with van der Waals surface area (Å²) in [5.41, 5.74) is 0. The van der Waals surface area contributed by atoms with Crippen molar-refractivity contribution in [2.75, 3.05) is 20.0 Å². The summed E-state index contributed by atoms with van der Waals surface area (Å²) in [6, 6.07) is 0. The van der Waals surface area contributed by atoms with Gasteiger partial charge in [0.2, 0.25) is 0 Å². The molecule has 1 aliphatic heterocycles. The second-order valence-corrected chi connectivity index (χ2v) is 0.934. The zero-order valence-corrected chi connectivity index (χ0v) is 4.94.